The summed E-state index contributed by atoms with van der Waals surface area (Å²) in [5, 5.41) is 0.952. The lowest BCUT2D eigenvalue weighted by molar-refractivity contribution is -0.253. The number of benzene rings is 1. The van der Waals surface area contributed by atoms with Crippen molar-refractivity contribution in [3.05, 3.63) is 47.2 Å². The van der Waals surface area contributed by atoms with Gasteiger partial charge in [0.15, 0.2) is 0 Å². The Labute approximate surface area is 226 Å². The summed E-state index contributed by atoms with van der Waals surface area (Å²) in [6, 6.07) is 7.56. The van der Waals surface area contributed by atoms with Crippen molar-refractivity contribution in [2.75, 3.05) is 13.2 Å². The molecule has 39 heavy (non-hydrogen) atoms. The van der Waals surface area contributed by atoms with E-state index in [1.165, 1.54) is 13.8 Å². The summed E-state index contributed by atoms with van der Waals surface area (Å²) < 4.78 is 53.0. The lowest BCUT2D eigenvalue weighted by atomic mass is 9.68. The molecule has 1 unspecified atom stereocenters. The topological polar surface area (TPSA) is 85.4 Å². The van der Waals surface area contributed by atoms with Crippen LogP contribution in [0.5, 0.6) is 0 Å². The number of fused-ring (bicyclic) bond motifs is 2. The van der Waals surface area contributed by atoms with Gasteiger partial charge in [0, 0.05) is 24.4 Å². The van der Waals surface area contributed by atoms with E-state index >= 15 is 0 Å². The number of ether oxygens (including phenoxy) is 2. The van der Waals surface area contributed by atoms with Crippen LogP contribution in [0.1, 0.15) is 53.0 Å². The van der Waals surface area contributed by atoms with Gasteiger partial charge in [0.25, 0.3) is 0 Å². The molecule has 8 nitrogen and oxygen atoms in total. The smallest absolute Gasteiger partial charge is 0.452 e. The molecule has 1 aromatic rings. The quantitative estimate of drug-likeness (QED) is 0.442. The van der Waals surface area contributed by atoms with E-state index in [4.69, 9.17) is 14.3 Å². The molecule has 0 spiro atoms. The van der Waals surface area contributed by atoms with Gasteiger partial charge in [-0.2, -0.15) is 13.2 Å². The maximum absolute atomic E-state index is 14.2. The highest BCUT2D eigenvalue weighted by molar-refractivity contribution is 5.94. The molecule has 0 aromatic heterocycles. The third kappa shape index (κ3) is 5.13. The molecule has 0 saturated carbocycles. The third-order valence-electron chi connectivity index (χ3n) is 7.76. The van der Waals surface area contributed by atoms with Crippen molar-refractivity contribution in [1.82, 2.24) is 9.96 Å². The average molecular weight is 553 g/mol. The van der Waals surface area contributed by atoms with Gasteiger partial charge in [-0.15, -0.1) is 5.06 Å². The average Bonchev–Trinajstić information content (AvgIpc) is 3.30. The molecule has 1 aromatic carbocycles. The second kappa shape index (κ2) is 10.8. The van der Waals surface area contributed by atoms with Gasteiger partial charge < -0.3 is 19.2 Å². The van der Waals surface area contributed by atoms with Gasteiger partial charge in [-0.05, 0) is 45.1 Å². The van der Waals surface area contributed by atoms with E-state index < -0.39 is 58.9 Å². The zero-order valence-electron chi connectivity index (χ0n) is 22.8. The fraction of sp³-hybridized carbons (Fsp3) is 0.607. The summed E-state index contributed by atoms with van der Waals surface area (Å²) in [6.07, 6.45) is -4.66. The minimum absolute atomic E-state index is 0.0158. The molecule has 11 heteroatoms. The number of carbonyl (C=O) groups excluding carboxylic acids is 3. The van der Waals surface area contributed by atoms with E-state index in [-0.39, 0.29) is 38.0 Å². The van der Waals surface area contributed by atoms with Crippen molar-refractivity contribution < 1.29 is 41.9 Å². The molecule has 3 aliphatic rings. The van der Waals surface area contributed by atoms with Crippen LogP contribution in [-0.4, -0.2) is 64.8 Å². The van der Waals surface area contributed by atoms with Crippen LogP contribution >= 0.6 is 0 Å². The van der Waals surface area contributed by atoms with Crippen molar-refractivity contribution in [3.63, 3.8) is 0 Å². The van der Waals surface area contributed by atoms with E-state index in [0.29, 0.717) is 6.42 Å². The van der Waals surface area contributed by atoms with Gasteiger partial charge in [-0.25, -0.2) is 4.79 Å². The van der Waals surface area contributed by atoms with E-state index in [2.05, 4.69) is 0 Å². The highest BCUT2D eigenvalue weighted by Gasteiger charge is 2.69. The first-order valence-corrected chi connectivity index (χ1v) is 13.3. The first-order valence-electron chi connectivity index (χ1n) is 13.3. The predicted molar refractivity (Wildman–Crippen MR) is 133 cm³/mol. The van der Waals surface area contributed by atoms with E-state index in [1.807, 2.05) is 44.2 Å². The summed E-state index contributed by atoms with van der Waals surface area (Å²) in [4.78, 5) is 47.6. The number of amides is 1. The first-order chi connectivity index (χ1) is 18.3. The number of halogens is 3. The summed E-state index contributed by atoms with van der Waals surface area (Å²) in [5.74, 6) is -5.22. The molecule has 1 amide bonds. The van der Waals surface area contributed by atoms with Crippen LogP contribution < -0.4 is 0 Å². The van der Waals surface area contributed by atoms with Crippen LogP contribution in [0.3, 0.4) is 0 Å². The fourth-order valence-corrected chi connectivity index (χ4v) is 6.34. The molecule has 4 rings (SSSR count). The van der Waals surface area contributed by atoms with Gasteiger partial charge in [0.1, 0.15) is 11.6 Å². The minimum atomic E-state index is -5.03. The molecule has 3 heterocycles. The highest BCUT2D eigenvalue weighted by atomic mass is 19.4. The summed E-state index contributed by atoms with van der Waals surface area (Å²) in [6.45, 7) is 8.56. The zero-order chi connectivity index (χ0) is 28.7. The van der Waals surface area contributed by atoms with Gasteiger partial charge in [-0.3, -0.25) is 9.59 Å². The number of hydrogen-bond acceptors (Lipinski definition) is 7. The Kier molecular flexibility index (Phi) is 8.03. The SMILES string of the molecule is CCOC(=O)C1=C(C(F)(F)F)ON2[C@@H](C(=O)OCC)[C@@H]3[C@@H](CC12C)C(=O)N(Cc1ccccc1)[C@H]3CC(C)C. The second-order valence-corrected chi connectivity index (χ2v) is 10.8. The van der Waals surface area contributed by atoms with Crippen LogP contribution in [-0.2, 0) is 35.2 Å². The van der Waals surface area contributed by atoms with Gasteiger partial charge in [0.2, 0.25) is 11.7 Å². The Balaban J connectivity index is 1.86. The molecule has 0 radical (unpaired) electrons. The van der Waals surface area contributed by atoms with Crippen molar-refractivity contribution in [2.45, 2.75) is 77.8 Å². The van der Waals surface area contributed by atoms with Gasteiger partial charge in [0.05, 0.1) is 18.8 Å². The standard InChI is InChI=1S/C28H35F3N2O6/c1-6-37-25(35)21-23(28(29,30)31)39-33-22(26(36)38-7-2)20-18(14-27(21,33)5)24(34)32(19(20)13-16(3)4)15-17-11-9-8-10-12-17/h8-12,16,18-20,22H,6-7,13-15H2,1-5H3/t18-,19+,20-,22-,27?/m1/s1. The molecule has 0 N–H and O–H groups in total. The molecule has 0 aliphatic carbocycles. The molecule has 214 valence electrons. The maximum atomic E-state index is 14.2. The Morgan fingerprint density at radius 2 is 1.77 bits per heavy atom. The monoisotopic (exact) mass is 552 g/mol. The molecule has 5 atom stereocenters. The number of likely N-dealkylation sites (tertiary alicyclic amines) is 1. The van der Waals surface area contributed by atoms with Crippen LogP contribution in [0, 0.1) is 17.8 Å². The lowest BCUT2D eigenvalue weighted by Crippen LogP contribution is -2.63. The van der Waals surface area contributed by atoms with Crippen LogP contribution in [0.25, 0.3) is 0 Å². The molecule has 2 saturated heterocycles. The second-order valence-electron chi connectivity index (χ2n) is 10.8. The van der Waals surface area contributed by atoms with Crippen molar-refractivity contribution >= 4 is 17.8 Å². The normalized spacial score (nSPS) is 28.8. The molecular weight excluding hydrogens is 517 g/mol. The van der Waals surface area contributed by atoms with Crippen molar-refractivity contribution in [1.29, 1.82) is 0 Å². The summed E-state index contributed by atoms with van der Waals surface area (Å²) in [5.41, 5.74) is -1.60. The summed E-state index contributed by atoms with van der Waals surface area (Å²) >= 11 is 0. The maximum Gasteiger partial charge on any atom is 0.452 e. The van der Waals surface area contributed by atoms with Crippen LogP contribution in [0.4, 0.5) is 13.2 Å². The Morgan fingerprint density at radius 1 is 1.13 bits per heavy atom. The zero-order valence-corrected chi connectivity index (χ0v) is 22.8. The first kappa shape index (κ1) is 28.9. The largest absolute Gasteiger partial charge is 0.465 e. The molecule has 3 aliphatic heterocycles. The number of hydroxylamine groups is 2. The highest BCUT2D eigenvalue weighted by Crippen LogP contribution is 2.56. The Morgan fingerprint density at radius 3 is 2.33 bits per heavy atom. The van der Waals surface area contributed by atoms with Crippen LogP contribution in [0.15, 0.2) is 41.7 Å². The third-order valence-corrected chi connectivity index (χ3v) is 7.76. The molecule has 2 fully saturated rings. The van der Waals surface area contributed by atoms with E-state index in [1.54, 1.807) is 11.8 Å². The Bertz CT molecular complexity index is 1140. The summed E-state index contributed by atoms with van der Waals surface area (Å²) in [7, 11) is 0. The van der Waals surface area contributed by atoms with Crippen molar-refractivity contribution in [2.24, 2.45) is 17.8 Å². The number of rotatable bonds is 8. The molecular formula is C28H35F3N2O6. The van der Waals surface area contributed by atoms with Crippen molar-refractivity contribution in [3.8, 4) is 0 Å². The number of nitrogens with zero attached hydrogens (tertiary/aromatic N) is 2. The number of alkyl halides is 3. The minimum Gasteiger partial charge on any atom is -0.465 e. The van der Waals surface area contributed by atoms with E-state index in [9.17, 15) is 27.6 Å². The number of carbonyl (C=O) groups is 3. The van der Waals surface area contributed by atoms with Gasteiger partial charge >= 0.3 is 18.1 Å². The number of piperidine rings is 1. The van der Waals surface area contributed by atoms with E-state index in [0.717, 1.165) is 10.6 Å². The number of esters is 2. The number of allylic oxidation sites excluding steroid dienone is 1. The molecule has 0 bridgehead atoms. The van der Waals surface area contributed by atoms with Gasteiger partial charge in [-0.1, -0.05) is 44.2 Å². The number of hydrogen-bond donors (Lipinski definition) is 0. The lowest BCUT2D eigenvalue weighted by Gasteiger charge is -2.48. The predicted octanol–water partition coefficient (Wildman–Crippen LogP) is 4.40. The fourth-order valence-electron chi connectivity index (χ4n) is 6.34. The Hall–Kier alpha value is -3.08. The van der Waals surface area contributed by atoms with Crippen LogP contribution in [0.2, 0.25) is 0 Å².